The van der Waals surface area contributed by atoms with E-state index in [1.54, 1.807) is 0 Å². The predicted octanol–water partition coefficient (Wildman–Crippen LogP) is 0.990. The molecule has 0 bridgehead atoms. The van der Waals surface area contributed by atoms with Gasteiger partial charge in [-0.15, -0.1) is 0 Å². The molecule has 0 spiro atoms. The number of hydrogen-bond acceptors (Lipinski definition) is 0. The molecular formula is C3H9AsSe. The summed E-state index contributed by atoms with van der Waals surface area (Å²) in [5.41, 5.74) is 4.79. The van der Waals surface area contributed by atoms with Crippen molar-refractivity contribution in [1.29, 1.82) is 0 Å². The van der Waals surface area contributed by atoms with Crippen LogP contribution in [0.1, 0.15) is 0 Å². The van der Waals surface area contributed by atoms with Gasteiger partial charge in [-0.3, -0.25) is 0 Å². The second kappa shape index (κ2) is 3.27. The van der Waals surface area contributed by atoms with Crippen LogP contribution in [0.5, 0.6) is 0 Å². The third-order valence-corrected chi connectivity index (χ3v) is 9.86. The summed E-state index contributed by atoms with van der Waals surface area (Å²) < 4.78 is 0. The first kappa shape index (κ1) is 6.08. The van der Waals surface area contributed by atoms with E-state index in [0.29, 0.717) is 0 Å². The van der Waals surface area contributed by atoms with Crippen molar-refractivity contribution in [2.45, 2.75) is 17.2 Å². The van der Waals surface area contributed by atoms with Gasteiger partial charge in [0.05, 0.1) is 0 Å². The molecule has 0 aromatic heterocycles. The molecule has 0 aliphatic heterocycles. The molecule has 0 atom stereocenters. The van der Waals surface area contributed by atoms with E-state index in [4.69, 9.17) is 0 Å². The molecule has 0 radical (unpaired) electrons. The Morgan fingerprint density at radius 1 is 1.40 bits per heavy atom. The summed E-state index contributed by atoms with van der Waals surface area (Å²) in [6.07, 6.45) is 0. The zero-order valence-electron chi connectivity index (χ0n) is 3.86. The zero-order valence-corrected chi connectivity index (χ0v) is 7.45. The van der Waals surface area contributed by atoms with Gasteiger partial charge in [0.2, 0.25) is 0 Å². The van der Waals surface area contributed by atoms with Crippen molar-refractivity contribution >= 4 is 25.7 Å². The molecule has 2 heteroatoms. The van der Waals surface area contributed by atoms with Gasteiger partial charge in [-0.25, -0.2) is 0 Å². The van der Waals surface area contributed by atoms with E-state index in [-0.39, 0.29) is 12.8 Å². The van der Waals surface area contributed by atoms with Crippen LogP contribution in [0, 0.1) is 0 Å². The summed E-state index contributed by atoms with van der Waals surface area (Å²) in [6.45, 7) is 0. The maximum absolute atomic E-state index is 2.40. The molecule has 0 heterocycles. The van der Waals surface area contributed by atoms with Crippen molar-refractivity contribution in [3.05, 3.63) is 0 Å². The van der Waals surface area contributed by atoms with Crippen LogP contribution < -0.4 is 0 Å². The van der Waals surface area contributed by atoms with Crippen molar-refractivity contribution in [1.82, 2.24) is 0 Å². The van der Waals surface area contributed by atoms with Crippen molar-refractivity contribution in [3.8, 4) is 0 Å². The van der Waals surface area contributed by atoms with Crippen LogP contribution >= 0.6 is 0 Å². The van der Waals surface area contributed by atoms with Gasteiger partial charge in [-0.1, -0.05) is 0 Å². The van der Waals surface area contributed by atoms with Crippen molar-refractivity contribution in [3.63, 3.8) is 0 Å². The first-order valence-corrected chi connectivity index (χ1v) is 11.7. The number of hydrogen-bond donors (Lipinski definition) is 0. The van der Waals surface area contributed by atoms with Crippen LogP contribution in [0.4, 0.5) is 0 Å². The van der Waals surface area contributed by atoms with E-state index in [1.165, 1.54) is 0 Å². The van der Waals surface area contributed by atoms with E-state index in [2.05, 4.69) is 17.2 Å². The van der Waals surface area contributed by atoms with Crippen LogP contribution in [0.15, 0.2) is 0 Å². The molecule has 0 aromatic carbocycles. The Hall–Kier alpha value is 1.08. The quantitative estimate of drug-likeness (QED) is 0.552. The normalized spacial score (nSPS) is 9.60. The van der Waals surface area contributed by atoms with E-state index < -0.39 is 0 Å². The molecule has 0 aromatic rings. The van der Waals surface area contributed by atoms with Crippen LogP contribution in [-0.2, 0) is 0 Å². The van der Waals surface area contributed by atoms with Crippen molar-refractivity contribution in [2.75, 3.05) is 0 Å². The molecule has 32 valence electrons. The molecule has 0 aliphatic rings. The van der Waals surface area contributed by atoms with Gasteiger partial charge >= 0.3 is 43.0 Å². The average Bonchev–Trinajstić information content (AvgIpc) is 1.38. The average molecular weight is 199 g/mol. The van der Waals surface area contributed by atoms with E-state index >= 15 is 0 Å². The molecule has 0 nitrogen and oxygen atoms in total. The van der Waals surface area contributed by atoms with Gasteiger partial charge in [-0.05, 0) is 0 Å². The maximum atomic E-state index is 2.40. The first-order valence-electron chi connectivity index (χ1n) is 1.49. The molecule has 5 heavy (non-hydrogen) atoms. The number of rotatable bonds is 1. The van der Waals surface area contributed by atoms with E-state index in [0.717, 1.165) is 13.0 Å². The Morgan fingerprint density at radius 3 is 1.60 bits per heavy atom. The van der Waals surface area contributed by atoms with Crippen LogP contribution in [-0.4, -0.2) is 25.7 Å². The van der Waals surface area contributed by atoms with Gasteiger partial charge < -0.3 is 0 Å². The van der Waals surface area contributed by atoms with Gasteiger partial charge in [-0.2, -0.15) is 0 Å². The summed E-state index contributed by atoms with van der Waals surface area (Å²) in [7, 11) is 0. The minimum absolute atomic E-state index is 0.139. The second-order valence-corrected chi connectivity index (χ2v) is 17.1. The van der Waals surface area contributed by atoms with Gasteiger partial charge in [0.15, 0.2) is 0 Å². The molecule has 0 saturated heterocycles. The van der Waals surface area contributed by atoms with Crippen LogP contribution in [0.3, 0.4) is 0 Å². The Morgan fingerprint density at radius 2 is 1.60 bits per heavy atom. The van der Waals surface area contributed by atoms with Crippen molar-refractivity contribution < 1.29 is 0 Å². The van der Waals surface area contributed by atoms with Crippen LogP contribution in [0.2, 0.25) is 17.2 Å². The van der Waals surface area contributed by atoms with E-state index in [9.17, 15) is 0 Å². The third kappa shape index (κ3) is 5.08. The molecule has 0 unspecified atom stereocenters. The first-order chi connectivity index (χ1) is 2.27. The SMILES string of the molecule is C[Se][As](C)C. The summed E-state index contributed by atoms with van der Waals surface area (Å²) in [5.74, 6) is 2.33. The van der Waals surface area contributed by atoms with Gasteiger partial charge in [0.25, 0.3) is 0 Å². The zero-order chi connectivity index (χ0) is 4.28. The fourth-order valence-electron chi connectivity index (χ4n) is 0. The Kier molecular flexibility index (Phi) is 3.98. The molecular weight excluding hydrogens is 190 g/mol. The minimum atomic E-state index is -0.139. The van der Waals surface area contributed by atoms with Gasteiger partial charge in [0.1, 0.15) is 0 Å². The topological polar surface area (TPSA) is 0 Å². The molecule has 0 N–H and O–H groups in total. The van der Waals surface area contributed by atoms with Gasteiger partial charge in [0, 0.05) is 0 Å². The Labute approximate surface area is 43.2 Å². The summed E-state index contributed by atoms with van der Waals surface area (Å²) in [6, 6.07) is 0. The van der Waals surface area contributed by atoms with E-state index in [1.807, 2.05) is 0 Å². The second-order valence-electron chi connectivity index (χ2n) is 0.995. The summed E-state index contributed by atoms with van der Waals surface area (Å²) in [5, 5.41) is 0. The summed E-state index contributed by atoms with van der Waals surface area (Å²) in [4.78, 5) is 0. The predicted molar refractivity (Wildman–Crippen MR) is 29.1 cm³/mol. The molecule has 0 fully saturated rings. The monoisotopic (exact) mass is 200 g/mol. The molecule has 0 amide bonds. The van der Waals surface area contributed by atoms with Crippen molar-refractivity contribution in [2.24, 2.45) is 0 Å². The fraction of sp³-hybridized carbons (Fsp3) is 1.00. The molecule has 0 rings (SSSR count). The summed E-state index contributed by atoms with van der Waals surface area (Å²) >= 11 is 0.882. The van der Waals surface area contributed by atoms with Crippen LogP contribution in [0.25, 0.3) is 0 Å². The third-order valence-electron chi connectivity index (χ3n) is 0.365. The standard InChI is InChI=1S/C3H9AsSe/c1-4(2)5-3/h1-3H3. The molecule has 0 saturated carbocycles. The fourth-order valence-corrected chi connectivity index (χ4v) is 0. The Balaban J connectivity index is 2.54. The molecule has 0 aliphatic carbocycles. The Bertz CT molecular complexity index is 20.9.